The molecule has 0 atom stereocenters. The van der Waals surface area contributed by atoms with Gasteiger partial charge in [0.15, 0.2) is 5.82 Å². The quantitative estimate of drug-likeness (QED) is 0.693. The van der Waals surface area contributed by atoms with Gasteiger partial charge in [0.25, 0.3) is 0 Å². The van der Waals surface area contributed by atoms with Gasteiger partial charge in [0.2, 0.25) is 0 Å². The molecule has 0 aliphatic heterocycles. The average Bonchev–Trinajstić information content (AvgIpc) is 3.02. The van der Waals surface area contributed by atoms with E-state index >= 15 is 0 Å². The molecule has 0 aliphatic rings. The number of hydrogen-bond donors (Lipinski definition) is 1. The Morgan fingerprint density at radius 1 is 1.08 bits per heavy atom. The second kappa shape index (κ2) is 8.16. The molecule has 0 radical (unpaired) electrons. The number of pyridine rings is 1. The fourth-order valence-electron chi connectivity index (χ4n) is 2.60. The highest BCUT2D eigenvalue weighted by Crippen LogP contribution is 2.19. The molecule has 0 saturated carbocycles. The second-order valence-corrected chi connectivity index (χ2v) is 7.07. The van der Waals surface area contributed by atoms with Crippen molar-refractivity contribution >= 4 is 17.2 Å². The van der Waals surface area contributed by atoms with Crippen LogP contribution >= 0.6 is 11.3 Å². The van der Waals surface area contributed by atoms with Crippen molar-refractivity contribution in [1.29, 1.82) is 0 Å². The summed E-state index contributed by atoms with van der Waals surface area (Å²) in [5.41, 5.74) is 3.02. The summed E-state index contributed by atoms with van der Waals surface area (Å²) in [6.07, 6.45) is 4.52. The first-order valence-corrected chi connectivity index (χ1v) is 9.49. The minimum atomic E-state index is 0.667. The van der Waals surface area contributed by atoms with E-state index in [9.17, 15) is 0 Å². The maximum Gasteiger partial charge on any atom is 0.180 e. The largest absolute Gasteiger partial charge is 0.370 e. The van der Waals surface area contributed by atoms with Crippen molar-refractivity contribution in [3.8, 4) is 11.5 Å². The van der Waals surface area contributed by atoms with Crippen LogP contribution in [0.3, 0.4) is 0 Å². The van der Waals surface area contributed by atoms with Gasteiger partial charge in [0.05, 0.1) is 10.7 Å². The van der Waals surface area contributed by atoms with E-state index in [1.165, 1.54) is 15.6 Å². The van der Waals surface area contributed by atoms with E-state index < -0.39 is 0 Å². The van der Waals surface area contributed by atoms with Crippen molar-refractivity contribution in [3.05, 3.63) is 51.7 Å². The highest BCUT2D eigenvalue weighted by atomic mass is 32.1. The molecule has 3 aromatic heterocycles. The maximum absolute atomic E-state index is 4.69. The predicted molar refractivity (Wildman–Crippen MR) is 103 cm³/mol. The molecule has 3 rings (SSSR count). The molecule has 3 heterocycles. The van der Waals surface area contributed by atoms with Crippen molar-refractivity contribution in [2.24, 2.45) is 0 Å². The molecule has 0 aliphatic carbocycles. The van der Waals surface area contributed by atoms with Crippen molar-refractivity contribution in [2.75, 3.05) is 11.9 Å². The minimum Gasteiger partial charge on any atom is -0.370 e. The molecule has 0 bridgehead atoms. The Morgan fingerprint density at radius 2 is 1.96 bits per heavy atom. The van der Waals surface area contributed by atoms with Crippen molar-refractivity contribution in [1.82, 2.24) is 19.9 Å². The van der Waals surface area contributed by atoms with Crippen molar-refractivity contribution in [2.45, 2.75) is 40.0 Å². The summed E-state index contributed by atoms with van der Waals surface area (Å²) in [6.45, 7) is 7.19. The first kappa shape index (κ1) is 17.5. The summed E-state index contributed by atoms with van der Waals surface area (Å²) >= 11 is 1.79. The first-order chi connectivity index (χ1) is 12.2. The van der Waals surface area contributed by atoms with Crippen LogP contribution in [0.5, 0.6) is 0 Å². The van der Waals surface area contributed by atoms with Crippen LogP contribution in [0.15, 0.2) is 30.5 Å². The average molecular weight is 353 g/mol. The summed E-state index contributed by atoms with van der Waals surface area (Å²) in [4.78, 5) is 19.6. The van der Waals surface area contributed by atoms with Crippen LogP contribution in [0.2, 0.25) is 0 Å². The van der Waals surface area contributed by atoms with Crippen molar-refractivity contribution < 1.29 is 0 Å². The van der Waals surface area contributed by atoms with E-state index in [2.05, 4.69) is 41.0 Å². The van der Waals surface area contributed by atoms with E-state index in [1.807, 2.05) is 24.3 Å². The predicted octanol–water partition coefficient (Wildman–Crippen LogP) is 4.08. The van der Waals surface area contributed by atoms with E-state index in [1.54, 1.807) is 17.5 Å². The highest BCUT2D eigenvalue weighted by Gasteiger charge is 2.08. The van der Waals surface area contributed by atoms with Crippen LogP contribution in [-0.4, -0.2) is 26.5 Å². The number of aryl methyl sites for hydroxylation is 3. The van der Waals surface area contributed by atoms with Gasteiger partial charge in [0, 0.05) is 35.8 Å². The van der Waals surface area contributed by atoms with Crippen LogP contribution < -0.4 is 5.32 Å². The lowest BCUT2D eigenvalue weighted by Crippen LogP contribution is -2.08. The summed E-state index contributed by atoms with van der Waals surface area (Å²) in [5, 5.41) is 4.59. The third-order valence-corrected chi connectivity index (χ3v) is 5.03. The van der Waals surface area contributed by atoms with Crippen molar-refractivity contribution in [3.63, 3.8) is 0 Å². The Hall–Kier alpha value is -2.34. The third-order valence-electron chi connectivity index (χ3n) is 3.95. The molecule has 0 unspecified atom stereocenters. The summed E-state index contributed by atoms with van der Waals surface area (Å²) in [7, 11) is 0. The Kier molecular flexibility index (Phi) is 5.71. The van der Waals surface area contributed by atoms with Crippen LogP contribution in [0.4, 0.5) is 5.82 Å². The zero-order valence-corrected chi connectivity index (χ0v) is 15.7. The van der Waals surface area contributed by atoms with E-state index in [0.29, 0.717) is 5.82 Å². The van der Waals surface area contributed by atoms with Gasteiger partial charge in [-0.15, -0.1) is 11.3 Å². The fraction of sp³-hybridized carbons (Fsp3) is 0.368. The minimum absolute atomic E-state index is 0.667. The Balaban J connectivity index is 1.71. The number of hydrogen-bond acceptors (Lipinski definition) is 6. The number of nitrogens with one attached hydrogen (secondary N) is 1. The van der Waals surface area contributed by atoms with Gasteiger partial charge in [-0.2, -0.15) is 0 Å². The van der Waals surface area contributed by atoms with E-state index in [4.69, 9.17) is 4.98 Å². The lowest BCUT2D eigenvalue weighted by molar-refractivity contribution is 0.941. The smallest absolute Gasteiger partial charge is 0.180 e. The third kappa shape index (κ3) is 4.39. The Bertz CT molecular complexity index is 829. The van der Waals surface area contributed by atoms with Gasteiger partial charge in [-0.25, -0.2) is 15.0 Å². The van der Waals surface area contributed by atoms with Crippen LogP contribution in [0.25, 0.3) is 11.5 Å². The van der Waals surface area contributed by atoms with Crippen LogP contribution in [-0.2, 0) is 19.3 Å². The molecule has 25 heavy (non-hydrogen) atoms. The van der Waals surface area contributed by atoms with Gasteiger partial charge in [-0.3, -0.25) is 4.98 Å². The maximum atomic E-state index is 4.69. The number of aromatic nitrogens is 4. The molecule has 0 spiro atoms. The molecule has 0 fully saturated rings. The summed E-state index contributed by atoms with van der Waals surface area (Å²) < 4.78 is 0. The lowest BCUT2D eigenvalue weighted by Gasteiger charge is -2.08. The van der Waals surface area contributed by atoms with Crippen LogP contribution in [0, 0.1) is 6.92 Å². The Morgan fingerprint density at radius 3 is 2.64 bits per heavy atom. The zero-order chi connectivity index (χ0) is 17.6. The molecule has 130 valence electrons. The molecule has 6 heteroatoms. The monoisotopic (exact) mass is 353 g/mol. The Labute approximate surface area is 152 Å². The number of nitrogens with zero attached hydrogens (tertiary/aromatic N) is 4. The molecular formula is C19H23N5S. The number of thiazole rings is 1. The number of anilines is 1. The number of rotatable bonds is 7. The fourth-order valence-corrected chi connectivity index (χ4v) is 3.62. The zero-order valence-electron chi connectivity index (χ0n) is 14.9. The SMILES string of the molecule is CCc1cc(NCCc2nc(CC)c(C)s2)nc(-c2ccccn2)n1. The second-order valence-electron chi connectivity index (χ2n) is 5.78. The highest BCUT2D eigenvalue weighted by molar-refractivity contribution is 7.11. The molecule has 3 aromatic rings. The van der Waals surface area contributed by atoms with Gasteiger partial charge < -0.3 is 5.32 Å². The van der Waals surface area contributed by atoms with Gasteiger partial charge in [-0.05, 0) is 31.9 Å². The first-order valence-electron chi connectivity index (χ1n) is 8.68. The standard InChI is InChI=1S/C19H23N5S/c1-4-14-12-17(24-19(22-14)16-8-6-7-10-20-16)21-11-9-18-23-15(5-2)13(3)25-18/h6-8,10,12H,4-5,9,11H2,1-3H3,(H,21,22,24). The topological polar surface area (TPSA) is 63.6 Å². The van der Waals surface area contributed by atoms with Gasteiger partial charge in [-0.1, -0.05) is 19.9 Å². The normalized spacial score (nSPS) is 10.8. The van der Waals surface area contributed by atoms with E-state index in [0.717, 1.165) is 43.0 Å². The van der Waals surface area contributed by atoms with Gasteiger partial charge in [0.1, 0.15) is 11.5 Å². The molecule has 0 saturated heterocycles. The molecule has 5 nitrogen and oxygen atoms in total. The van der Waals surface area contributed by atoms with E-state index in [-0.39, 0.29) is 0 Å². The molecular weight excluding hydrogens is 330 g/mol. The molecule has 0 aromatic carbocycles. The summed E-state index contributed by atoms with van der Waals surface area (Å²) in [6, 6.07) is 7.79. The molecule has 1 N–H and O–H groups in total. The summed E-state index contributed by atoms with van der Waals surface area (Å²) in [5.74, 6) is 1.51. The van der Waals surface area contributed by atoms with Gasteiger partial charge >= 0.3 is 0 Å². The lowest BCUT2D eigenvalue weighted by atomic mass is 10.2. The van der Waals surface area contributed by atoms with Crippen LogP contribution in [0.1, 0.15) is 35.1 Å². The molecule has 0 amide bonds.